The third kappa shape index (κ3) is 2.57. The summed E-state index contributed by atoms with van der Waals surface area (Å²) in [6.07, 6.45) is 0.522. The smallest absolute Gasteiger partial charge is 0.465 e. The van der Waals surface area contributed by atoms with Crippen LogP contribution < -0.4 is 10.4 Å². The molecule has 0 aliphatic carbocycles. The molecule has 0 saturated carbocycles. The number of nitrogens with zero attached hydrogens (tertiary/aromatic N) is 2. The summed E-state index contributed by atoms with van der Waals surface area (Å²) >= 11 is 0. The largest absolute Gasteiger partial charge is 0.496 e. The molecule has 122 valence electrons. The Morgan fingerprint density at radius 3 is 2.39 bits per heavy atom. The maximum atomic E-state index is 11.0. The first kappa shape index (κ1) is 15.8. The summed E-state index contributed by atoms with van der Waals surface area (Å²) in [5.41, 5.74) is 0.268. The molecule has 7 nitrogen and oxygen atoms in total. The Morgan fingerprint density at radius 1 is 1.22 bits per heavy atom. The van der Waals surface area contributed by atoms with E-state index < -0.39 is 24.4 Å². The van der Waals surface area contributed by atoms with Gasteiger partial charge in [0.15, 0.2) is 0 Å². The zero-order valence-corrected chi connectivity index (χ0v) is 13.8. The number of pyridine rings is 1. The van der Waals surface area contributed by atoms with Crippen molar-refractivity contribution < 1.29 is 23.6 Å². The van der Waals surface area contributed by atoms with Crippen molar-refractivity contribution in [1.82, 2.24) is 4.98 Å². The number of hydrogen-bond donors (Lipinski definition) is 1. The van der Waals surface area contributed by atoms with Crippen molar-refractivity contribution >= 4 is 35.7 Å². The lowest BCUT2D eigenvalue weighted by atomic mass is 9.80. The van der Waals surface area contributed by atoms with Crippen LogP contribution in [0, 0.1) is 0 Å². The van der Waals surface area contributed by atoms with Crippen LogP contribution in [-0.2, 0) is 9.31 Å². The van der Waals surface area contributed by atoms with Gasteiger partial charge in [0.1, 0.15) is 0 Å². The van der Waals surface area contributed by atoms with Gasteiger partial charge in [0.2, 0.25) is 11.6 Å². The molecular formula is C15H19BN2O5. The van der Waals surface area contributed by atoms with E-state index in [0.29, 0.717) is 11.1 Å². The average Bonchev–Trinajstić information content (AvgIpc) is 2.95. The van der Waals surface area contributed by atoms with Gasteiger partial charge in [-0.3, -0.25) is 4.90 Å². The summed E-state index contributed by atoms with van der Waals surface area (Å²) < 4.78 is 17.4. The van der Waals surface area contributed by atoms with Crippen LogP contribution in [0.1, 0.15) is 27.7 Å². The summed E-state index contributed by atoms with van der Waals surface area (Å²) in [5.74, 6) is 0.214. The van der Waals surface area contributed by atoms with Gasteiger partial charge in [0.05, 0.1) is 11.2 Å². The predicted octanol–water partition coefficient (Wildman–Crippen LogP) is 2.24. The standard InChI is InChI=1S/C15H19BN2O5/c1-14(2)15(3,4)23-16(22-14)10-6-9-7-11(18(5)13(19)20)21-12(9)17-8-10/h6-8H,1-5H3,(H,19,20). The van der Waals surface area contributed by atoms with Gasteiger partial charge in [0, 0.05) is 30.2 Å². The second-order valence-corrected chi connectivity index (χ2v) is 6.68. The third-order valence-electron chi connectivity index (χ3n) is 4.52. The molecule has 3 heterocycles. The molecule has 1 fully saturated rings. The molecule has 0 spiro atoms. The maximum absolute atomic E-state index is 11.0. The highest BCUT2D eigenvalue weighted by Crippen LogP contribution is 2.36. The summed E-state index contributed by atoms with van der Waals surface area (Å²) in [4.78, 5) is 16.2. The topological polar surface area (TPSA) is 85.0 Å². The molecule has 1 saturated heterocycles. The molecule has 0 bridgehead atoms. The number of rotatable bonds is 2. The highest BCUT2D eigenvalue weighted by molar-refractivity contribution is 6.62. The lowest BCUT2D eigenvalue weighted by molar-refractivity contribution is 0.00578. The summed E-state index contributed by atoms with van der Waals surface area (Å²) in [6, 6.07) is 3.47. The van der Waals surface area contributed by atoms with Crippen molar-refractivity contribution in [1.29, 1.82) is 0 Å². The Morgan fingerprint density at radius 2 is 1.83 bits per heavy atom. The van der Waals surface area contributed by atoms with E-state index in [1.807, 2.05) is 33.8 Å². The van der Waals surface area contributed by atoms with Crippen LogP contribution in [0.3, 0.4) is 0 Å². The average molecular weight is 318 g/mol. The normalized spacial score (nSPS) is 19.3. The van der Waals surface area contributed by atoms with Gasteiger partial charge in [-0.25, -0.2) is 9.78 Å². The van der Waals surface area contributed by atoms with E-state index >= 15 is 0 Å². The SMILES string of the molecule is CN(C(=O)O)c1cc2cc(B3OC(C)(C)C(C)(C)O3)cnc2o1. The van der Waals surface area contributed by atoms with Crippen molar-refractivity contribution in [3.8, 4) is 0 Å². The predicted molar refractivity (Wildman–Crippen MR) is 86.2 cm³/mol. The summed E-state index contributed by atoms with van der Waals surface area (Å²) in [7, 11) is 0.891. The first-order valence-electron chi connectivity index (χ1n) is 7.32. The van der Waals surface area contributed by atoms with Gasteiger partial charge < -0.3 is 18.8 Å². The number of fused-ring (bicyclic) bond motifs is 1. The van der Waals surface area contributed by atoms with E-state index in [1.165, 1.54) is 7.05 Å². The maximum Gasteiger partial charge on any atom is 0.496 e. The molecular weight excluding hydrogens is 299 g/mol. The van der Waals surface area contributed by atoms with E-state index in [-0.39, 0.29) is 5.88 Å². The molecule has 3 rings (SSSR count). The molecule has 1 aliphatic rings. The zero-order valence-electron chi connectivity index (χ0n) is 13.8. The summed E-state index contributed by atoms with van der Waals surface area (Å²) in [6.45, 7) is 7.93. The fraction of sp³-hybridized carbons (Fsp3) is 0.467. The van der Waals surface area contributed by atoms with Crippen molar-refractivity contribution in [2.75, 3.05) is 11.9 Å². The van der Waals surface area contributed by atoms with Crippen molar-refractivity contribution in [3.05, 3.63) is 18.3 Å². The van der Waals surface area contributed by atoms with Crippen molar-refractivity contribution in [2.45, 2.75) is 38.9 Å². The van der Waals surface area contributed by atoms with E-state index in [0.717, 1.165) is 10.4 Å². The Hall–Kier alpha value is -2.06. The number of furan rings is 1. The van der Waals surface area contributed by atoms with Crippen LogP contribution in [-0.4, -0.2) is 41.6 Å². The van der Waals surface area contributed by atoms with Gasteiger partial charge >= 0.3 is 13.2 Å². The molecule has 1 amide bonds. The van der Waals surface area contributed by atoms with Gasteiger partial charge in [-0.15, -0.1) is 0 Å². The third-order valence-corrected chi connectivity index (χ3v) is 4.52. The molecule has 1 N–H and O–H groups in total. The fourth-order valence-electron chi connectivity index (χ4n) is 2.30. The minimum absolute atomic E-state index is 0.214. The second-order valence-electron chi connectivity index (χ2n) is 6.68. The van der Waals surface area contributed by atoms with E-state index in [9.17, 15) is 4.79 Å². The highest BCUT2D eigenvalue weighted by Gasteiger charge is 2.51. The van der Waals surface area contributed by atoms with Crippen molar-refractivity contribution in [3.63, 3.8) is 0 Å². The molecule has 1 aliphatic heterocycles. The number of hydrogen-bond acceptors (Lipinski definition) is 5. The quantitative estimate of drug-likeness (QED) is 0.855. The number of anilines is 1. The first-order valence-corrected chi connectivity index (χ1v) is 7.32. The van der Waals surface area contributed by atoms with Gasteiger partial charge in [-0.05, 0) is 33.8 Å². The minimum atomic E-state index is -1.10. The monoisotopic (exact) mass is 318 g/mol. The number of aromatic nitrogens is 1. The molecule has 2 aromatic rings. The number of amides is 1. The van der Waals surface area contributed by atoms with E-state index in [4.69, 9.17) is 18.8 Å². The van der Waals surface area contributed by atoms with Gasteiger partial charge in [0.25, 0.3) is 0 Å². The van der Waals surface area contributed by atoms with Crippen molar-refractivity contribution in [2.24, 2.45) is 0 Å². The Balaban J connectivity index is 1.94. The lowest BCUT2D eigenvalue weighted by Crippen LogP contribution is -2.41. The molecule has 23 heavy (non-hydrogen) atoms. The fourth-order valence-corrected chi connectivity index (χ4v) is 2.30. The Bertz CT molecular complexity index is 754. The van der Waals surface area contributed by atoms with Crippen LogP contribution in [0.2, 0.25) is 0 Å². The van der Waals surface area contributed by atoms with E-state index in [2.05, 4.69) is 4.98 Å². The molecule has 0 atom stereocenters. The van der Waals surface area contributed by atoms with Crippen LogP contribution in [0.25, 0.3) is 11.1 Å². The highest BCUT2D eigenvalue weighted by atomic mass is 16.7. The van der Waals surface area contributed by atoms with Crippen LogP contribution in [0.4, 0.5) is 10.7 Å². The van der Waals surface area contributed by atoms with Gasteiger partial charge in [-0.1, -0.05) is 0 Å². The first-order chi connectivity index (χ1) is 10.6. The molecule has 0 radical (unpaired) electrons. The lowest BCUT2D eigenvalue weighted by Gasteiger charge is -2.32. The second kappa shape index (κ2) is 4.97. The summed E-state index contributed by atoms with van der Waals surface area (Å²) in [5, 5.41) is 9.70. The molecule has 8 heteroatoms. The van der Waals surface area contributed by atoms with Crippen LogP contribution in [0.15, 0.2) is 22.7 Å². The molecule has 0 aromatic carbocycles. The Kier molecular flexibility index (Phi) is 3.42. The Labute approximate surface area is 134 Å². The van der Waals surface area contributed by atoms with E-state index in [1.54, 1.807) is 12.3 Å². The van der Waals surface area contributed by atoms with Crippen LogP contribution >= 0.6 is 0 Å². The van der Waals surface area contributed by atoms with Crippen LogP contribution in [0.5, 0.6) is 0 Å². The number of carbonyl (C=O) groups is 1. The molecule has 2 aromatic heterocycles. The minimum Gasteiger partial charge on any atom is -0.465 e. The molecule has 0 unspecified atom stereocenters. The van der Waals surface area contributed by atoms with Gasteiger partial charge in [-0.2, -0.15) is 0 Å². The zero-order chi connectivity index (χ0) is 17.0. The number of carboxylic acid groups (broad SMARTS) is 1.